The molecule has 0 aliphatic rings. The molecule has 0 saturated carbocycles. The normalized spacial score (nSPS) is 12.6. The van der Waals surface area contributed by atoms with Gasteiger partial charge in [-0.1, -0.05) is 12.1 Å². The summed E-state index contributed by atoms with van der Waals surface area (Å²) in [6, 6.07) is 7.07. The number of nitrogens with two attached hydrogens (primary N) is 1. The lowest BCUT2D eigenvalue weighted by Gasteiger charge is -2.13. The summed E-state index contributed by atoms with van der Waals surface area (Å²) in [6.07, 6.45) is 1.64. The third-order valence-electron chi connectivity index (χ3n) is 2.71. The fraction of sp³-hybridized carbons (Fsp3) is 0.231. The first-order chi connectivity index (χ1) is 8.18. The monoisotopic (exact) mass is 313 g/mol. The SMILES string of the molecule is NC(CCc1ccsc1)c1cccc(Br)c1F. The van der Waals surface area contributed by atoms with Crippen molar-refractivity contribution >= 4 is 27.3 Å². The number of benzene rings is 1. The van der Waals surface area contributed by atoms with Crippen molar-refractivity contribution in [1.82, 2.24) is 0 Å². The topological polar surface area (TPSA) is 26.0 Å². The quantitative estimate of drug-likeness (QED) is 0.895. The van der Waals surface area contributed by atoms with E-state index in [1.807, 2.05) is 11.4 Å². The second-order valence-corrected chi connectivity index (χ2v) is 5.55. The largest absolute Gasteiger partial charge is 0.324 e. The van der Waals surface area contributed by atoms with Crippen molar-refractivity contribution in [2.45, 2.75) is 18.9 Å². The maximum absolute atomic E-state index is 13.8. The lowest BCUT2D eigenvalue weighted by molar-refractivity contribution is 0.559. The first kappa shape index (κ1) is 12.7. The van der Waals surface area contributed by atoms with Crippen molar-refractivity contribution in [3.8, 4) is 0 Å². The molecule has 0 saturated heterocycles. The Labute approximate surface area is 113 Å². The predicted octanol–water partition coefficient (Wildman–Crippen LogP) is 4.28. The lowest BCUT2D eigenvalue weighted by atomic mass is 10.0. The standard InChI is InChI=1S/C13H13BrFNS/c14-11-3-1-2-10(13(11)15)12(16)5-4-9-6-7-17-8-9/h1-3,6-8,12H,4-5,16H2. The number of hydrogen-bond acceptors (Lipinski definition) is 2. The van der Waals surface area contributed by atoms with Crippen LogP contribution >= 0.6 is 27.3 Å². The highest BCUT2D eigenvalue weighted by atomic mass is 79.9. The molecule has 1 heterocycles. The van der Waals surface area contributed by atoms with Crippen LogP contribution in [0.3, 0.4) is 0 Å². The molecule has 0 radical (unpaired) electrons. The number of aryl methyl sites for hydroxylation is 1. The first-order valence-electron chi connectivity index (χ1n) is 5.39. The summed E-state index contributed by atoms with van der Waals surface area (Å²) in [5, 5.41) is 4.14. The zero-order valence-corrected chi connectivity index (χ0v) is 11.6. The molecule has 0 bridgehead atoms. The van der Waals surface area contributed by atoms with Crippen LogP contribution in [0, 0.1) is 5.82 Å². The van der Waals surface area contributed by atoms with Gasteiger partial charge in [0, 0.05) is 11.6 Å². The molecule has 2 aromatic rings. The van der Waals surface area contributed by atoms with Crippen LogP contribution in [0.25, 0.3) is 0 Å². The zero-order chi connectivity index (χ0) is 12.3. The van der Waals surface area contributed by atoms with Gasteiger partial charge in [0.05, 0.1) is 4.47 Å². The Hall–Kier alpha value is -0.710. The molecular formula is C13H13BrFNS. The second-order valence-electron chi connectivity index (χ2n) is 3.92. The Morgan fingerprint density at radius 2 is 2.18 bits per heavy atom. The molecule has 17 heavy (non-hydrogen) atoms. The van der Waals surface area contributed by atoms with Crippen molar-refractivity contribution in [3.05, 3.63) is 56.4 Å². The minimum absolute atomic E-state index is 0.245. The fourth-order valence-corrected chi connectivity index (χ4v) is 2.80. The maximum Gasteiger partial charge on any atom is 0.142 e. The van der Waals surface area contributed by atoms with Gasteiger partial charge in [-0.2, -0.15) is 11.3 Å². The zero-order valence-electron chi connectivity index (χ0n) is 9.20. The van der Waals surface area contributed by atoms with Crippen LogP contribution in [-0.4, -0.2) is 0 Å². The van der Waals surface area contributed by atoms with Gasteiger partial charge >= 0.3 is 0 Å². The summed E-state index contributed by atoms with van der Waals surface area (Å²) in [5.41, 5.74) is 7.87. The van der Waals surface area contributed by atoms with Gasteiger partial charge in [-0.05, 0) is 57.2 Å². The third-order valence-corrected chi connectivity index (χ3v) is 4.05. The molecule has 1 aromatic heterocycles. The molecule has 0 aliphatic carbocycles. The molecule has 1 unspecified atom stereocenters. The maximum atomic E-state index is 13.8. The molecule has 2 rings (SSSR count). The van der Waals surface area contributed by atoms with E-state index in [1.165, 1.54) is 5.56 Å². The smallest absolute Gasteiger partial charge is 0.142 e. The van der Waals surface area contributed by atoms with Crippen LogP contribution in [0.4, 0.5) is 4.39 Å². The van der Waals surface area contributed by atoms with E-state index in [4.69, 9.17) is 5.73 Å². The van der Waals surface area contributed by atoms with Crippen LogP contribution in [-0.2, 0) is 6.42 Å². The van der Waals surface area contributed by atoms with Gasteiger partial charge in [0.2, 0.25) is 0 Å². The van der Waals surface area contributed by atoms with Crippen LogP contribution in [0.1, 0.15) is 23.6 Å². The fourth-order valence-electron chi connectivity index (χ4n) is 1.72. The van der Waals surface area contributed by atoms with Crippen molar-refractivity contribution in [2.75, 3.05) is 0 Å². The first-order valence-corrected chi connectivity index (χ1v) is 7.12. The number of rotatable bonds is 4. The van der Waals surface area contributed by atoms with E-state index in [2.05, 4.69) is 27.4 Å². The molecule has 1 aromatic carbocycles. The Morgan fingerprint density at radius 1 is 1.35 bits per heavy atom. The van der Waals surface area contributed by atoms with Crippen LogP contribution in [0.5, 0.6) is 0 Å². The summed E-state index contributed by atoms with van der Waals surface area (Å²) < 4.78 is 14.3. The molecule has 1 atom stereocenters. The number of thiophene rings is 1. The van der Waals surface area contributed by atoms with Gasteiger partial charge in [-0.15, -0.1) is 0 Å². The summed E-state index contributed by atoms with van der Waals surface area (Å²) in [4.78, 5) is 0. The Bertz CT molecular complexity index is 484. The van der Waals surface area contributed by atoms with Gasteiger partial charge in [-0.25, -0.2) is 4.39 Å². The molecule has 0 aliphatic heterocycles. The molecule has 0 amide bonds. The molecule has 4 heteroatoms. The molecule has 1 nitrogen and oxygen atoms in total. The number of halogens is 2. The van der Waals surface area contributed by atoms with Gasteiger partial charge in [0.25, 0.3) is 0 Å². The van der Waals surface area contributed by atoms with Crippen LogP contribution in [0.15, 0.2) is 39.5 Å². The Kier molecular flexibility index (Phi) is 4.31. The highest BCUT2D eigenvalue weighted by Gasteiger charge is 2.13. The average molecular weight is 314 g/mol. The molecule has 0 spiro atoms. The van der Waals surface area contributed by atoms with Gasteiger partial charge in [0.1, 0.15) is 5.82 Å². The minimum atomic E-state index is -0.257. The molecule has 90 valence electrons. The predicted molar refractivity (Wildman–Crippen MR) is 73.7 cm³/mol. The van der Waals surface area contributed by atoms with Gasteiger partial charge in [-0.3, -0.25) is 0 Å². The van der Waals surface area contributed by atoms with Crippen molar-refractivity contribution < 1.29 is 4.39 Å². The summed E-state index contributed by atoms with van der Waals surface area (Å²) >= 11 is 4.85. The van der Waals surface area contributed by atoms with Crippen molar-refractivity contribution in [2.24, 2.45) is 5.73 Å². The van der Waals surface area contributed by atoms with Crippen molar-refractivity contribution in [1.29, 1.82) is 0 Å². The van der Waals surface area contributed by atoms with E-state index >= 15 is 0 Å². The Balaban J connectivity index is 2.04. The number of hydrogen-bond donors (Lipinski definition) is 1. The summed E-state index contributed by atoms with van der Waals surface area (Å²) in [5.74, 6) is -0.245. The highest BCUT2D eigenvalue weighted by Crippen LogP contribution is 2.25. The molecule has 2 N–H and O–H groups in total. The van der Waals surface area contributed by atoms with Crippen LogP contribution < -0.4 is 5.73 Å². The van der Waals surface area contributed by atoms with E-state index in [0.29, 0.717) is 10.0 Å². The van der Waals surface area contributed by atoms with E-state index in [9.17, 15) is 4.39 Å². The van der Waals surface area contributed by atoms with E-state index < -0.39 is 0 Å². The van der Waals surface area contributed by atoms with E-state index in [-0.39, 0.29) is 11.9 Å². The lowest BCUT2D eigenvalue weighted by Crippen LogP contribution is -2.13. The van der Waals surface area contributed by atoms with Crippen LogP contribution in [0.2, 0.25) is 0 Å². The summed E-state index contributed by atoms with van der Waals surface area (Å²) in [6.45, 7) is 0. The highest BCUT2D eigenvalue weighted by molar-refractivity contribution is 9.10. The molecular weight excluding hydrogens is 301 g/mol. The third kappa shape index (κ3) is 3.15. The minimum Gasteiger partial charge on any atom is -0.324 e. The average Bonchev–Trinajstić information content (AvgIpc) is 2.82. The molecule has 0 fully saturated rings. The van der Waals surface area contributed by atoms with Gasteiger partial charge < -0.3 is 5.73 Å². The van der Waals surface area contributed by atoms with E-state index in [1.54, 1.807) is 23.5 Å². The summed E-state index contributed by atoms with van der Waals surface area (Å²) in [7, 11) is 0. The van der Waals surface area contributed by atoms with E-state index in [0.717, 1.165) is 12.8 Å². The van der Waals surface area contributed by atoms with Gasteiger partial charge in [0.15, 0.2) is 0 Å². The van der Waals surface area contributed by atoms with Crippen molar-refractivity contribution in [3.63, 3.8) is 0 Å². The Morgan fingerprint density at radius 3 is 2.88 bits per heavy atom. The second kappa shape index (κ2) is 5.76.